The highest BCUT2D eigenvalue weighted by Crippen LogP contribution is 2.32. The molecule has 5 rings (SSSR count). The van der Waals surface area contributed by atoms with E-state index in [4.69, 9.17) is 4.74 Å². The number of carbonyl (C=O) groups excluding carboxylic acids is 4. The van der Waals surface area contributed by atoms with Crippen LogP contribution in [0.1, 0.15) is 42.2 Å². The van der Waals surface area contributed by atoms with Gasteiger partial charge in [-0.2, -0.15) is 0 Å². The van der Waals surface area contributed by atoms with Crippen LogP contribution in [-0.4, -0.2) is 30.3 Å². The fourth-order valence-corrected chi connectivity index (χ4v) is 4.28. The number of imide groups is 1. The predicted octanol–water partition coefficient (Wildman–Crippen LogP) is 5.05. The highest BCUT2D eigenvalue weighted by atomic mass is 16.5. The molecule has 0 fully saturated rings. The first-order valence-electron chi connectivity index (χ1n) is 11.4. The molecule has 0 bridgehead atoms. The Hall–Kier alpha value is -4.78. The molecule has 0 unspecified atom stereocenters. The van der Waals surface area contributed by atoms with Gasteiger partial charge in [0, 0.05) is 22.2 Å². The van der Waals surface area contributed by atoms with Crippen molar-refractivity contribution in [2.24, 2.45) is 0 Å². The number of carbonyl (C=O) groups is 4. The fourth-order valence-electron chi connectivity index (χ4n) is 4.28. The van der Waals surface area contributed by atoms with Crippen LogP contribution < -0.4 is 10.2 Å². The first-order chi connectivity index (χ1) is 17.3. The zero-order chi connectivity index (χ0) is 25.4. The first kappa shape index (κ1) is 23.0. The van der Waals surface area contributed by atoms with Crippen LogP contribution in [0.25, 0.3) is 10.8 Å². The number of rotatable bonds is 5. The third-order valence-electron chi connectivity index (χ3n) is 6.13. The van der Waals surface area contributed by atoms with Crippen molar-refractivity contribution in [1.29, 1.82) is 0 Å². The van der Waals surface area contributed by atoms with E-state index >= 15 is 0 Å². The molecule has 1 aliphatic rings. The van der Waals surface area contributed by atoms with Crippen molar-refractivity contribution in [3.05, 3.63) is 107 Å². The van der Waals surface area contributed by atoms with Crippen molar-refractivity contribution < 1.29 is 23.9 Å². The van der Waals surface area contributed by atoms with Crippen LogP contribution in [0.3, 0.4) is 0 Å². The van der Waals surface area contributed by atoms with E-state index in [1.165, 1.54) is 24.3 Å². The monoisotopic (exact) mass is 478 g/mol. The van der Waals surface area contributed by atoms with Crippen molar-refractivity contribution >= 4 is 45.8 Å². The van der Waals surface area contributed by atoms with E-state index in [2.05, 4.69) is 5.32 Å². The average molecular weight is 479 g/mol. The summed E-state index contributed by atoms with van der Waals surface area (Å²) in [6.07, 6.45) is 0. The molecule has 3 amide bonds. The number of hydrogen-bond acceptors (Lipinski definition) is 5. The van der Waals surface area contributed by atoms with Gasteiger partial charge in [0.25, 0.3) is 17.7 Å². The van der Waals surface area contributed by atoms with E-state index in [0.717, 1.165) is 21.4 Å². The number of anilines is 2. The first-order valence-corrected chi connectivity index (χ1v) is 11.4. The van der Waals surface area contributed by atoms with Gasteiger partial charge in [-0.25, -0.2) is 9.69 Å². The third kappa shape index (κ3) is 4.11. The number of esters is 1. The molecule has 1 N–H and O–H groups in total. The highest BCUT2D eigenvalue weighted by Gasteiger charge is 2.33. The molecule has 1 aliphatic heterocycles. The maximum atomic E-state index is 13.2. The van der Waals surface area contributed by atoms with Crippen molar-refractivity contribution in [2.75, 3.05) is 16.8 Å². The Balaban J connectivity index is 1.29. The number of hydrogen-bond donors (Lipinski definition) is 1. The van der Waals surface area contributed by atoms with Gasteiger partial charge < -0.3 is 10.1 Å². The molecule has 0 aliphatic carbocycles. The van der Waals surface area contributed by atoms with Crippen LogP contribution in [-0.2, 0) is 9.53 Å². The van der Waals surface area contributed by atoms with Gasteiger partial charge in [-0.05, 0) is 72.8 Å². The van der Waals surface area contributed by atoms with E-state index in [9.17, 15) is 19.2 Å². The molecule has 0 saturated heterocycles. The number of nitrogens with zero attached hydrogens (tertiary/aromatic N) is 1. The largest absolute Gasteiger partial charge is 0.452 e. The lowest BCUT2D eigenvalue weighted by atomic mass is 9.94. The maximum absolute atomic E-state index is 13.2. The summed E-state index contributed by atoms with van der Waals surface area (Å²) in [7, 11) is 0. The quantitative estimate of drug-likeness (QED) is 0.320. The van der Waals surface area contributed by atoms with E-state index in [1.807, 2.05) is 44.2 Å². The summed E-state index contributed by atoms with van der Waals surface area (Å²) in [4.78, 5) is 52.2. The highest BCUT2D eigenvalue weighted by molar-refractivity contribution is 6.35. The number of amides is 3. The van der Waals surface area contributed by atoms with E-state index in [1.54, 1.807) is 24.3 Å². The van der Waals surface area contributed by atoms with Crippen LogP contribution in [0, 0.1) is 13.8 Å². The summed E-state index contributed by atoms with van der Waals surface area (Å²) in [6.45, 7) is 3.35. The number of nitrogens with one attached hydrogen (secondary N) is 1. The summed E-state index contributed by atoms with van der Waals surface area (Å²) in [5.41, 5.74) is 3.98. The fraction of sp³-hybridized carbons (Fsp3) is 0.103. The van der Waals surface area contributed by atoms with Crippen LogP contribution in [0.4, 0.5) is 11.4 Å². The van der Waals surface area contributed by atoms with Gasteiger partial charge in [0.1, 0.15) is 0 Å². The predicted molar refractivity (Wildman–Crippen MR) is 136 cm³/mol. The summed E-state index contributed by atoms with van der Waals surface area (Å²) >= 11 is 0. The molecule has 0 radical (unpaired) electrons. The standard InChI is InChI=1S/C29H22N2O5/c1-17-9-10-18(2)24(15-17)30-25(32)16-36-29(35)20-11-13-21(14-12-20)31-27(33)22-7-3-5-19-6-4-8-23(26(19)22)28(31)34/h3-15H,16H2,1-2H3,(H,30,32). The van der Waals surface area contributed by atoms with Gasteiger partial charge in [-0.15, -0.1) is 0 Å². The summed E-state index contributed by atoms with van der Waals surface area (Å²) < 4.78 is 5.15. The molecule has 36 heavy (non-hydrogen) atoms. The van der Waals surface area contributed by atoms with Crippen LogP contribution in [0.5, 0.6) is 0 Å². The molecule has 7 nitrogen and oxygen atoms in total. The van der Waals surface area contributed by atoms with Gasteiger partial charge in [-0.3, -0.25) is 14.4 Å². The zero-order valence-corrected chi connectivity index (χ0v) is 19.7. The molecule has 0 saturated carbocycles. The Kier molecular flexibility index (Phi) is 5.82. The minimum absolute atomic E-state index is 0.192. The summed E-state index contributed by atoms with van der Waals surface area (Å²) in [6, 6.07) is 22.3. The minimum Gasteiger partial charge on any atom is -0.452 e. The normalized spacial score (nSPS) is 12.6. The second-order valence-corrected chi connectivity index (χ2v) is 8.64. The smallest absolute Gasteiger partial charge is 0.338 e. The van der Waals surface area contributed by atoms with Gasteiger partial charge >= 0.3 is 5.97 Å². The Morgan fingerprint density at radius 3 is 2.11 bits per heavy atom. The zero-order valence-electron chi connectivity index (χ0n) is 19.7. The van der Waals surface area contributed by atoms with E-state index in [0.29, 0.717) is 27.9 Å². The van der Waals surface area contributed by atoms with Gasteiger partial charge in [0.05, 0.1) is 11.3 Å². The Labute approximate surface area is 207 Å². The molecule has 4 aromatic carbocycles. The lowest BCUT2D eigenvalue weighted by Crippen LogP contribution is -2.40. The van der Waals surface area contributed by atoms with Crippen LogP contribution in [0.15, 0.2) is 78.9 Å². The lowest BCUT2D eigenvalue weighted by molar-refractivity contribution is -0.119. The van der Waals surface area contributed by atoms with Crippen LogP contribution >= 0.6 is 0 Å². The topological polar surface area (TPSA) is 92.8 Å². The SMILES string of the molecule is Cc1ccc(C)c(NC(=O)COC(=O)c2ccc(N3C(=O)c4cccc5cccc(c45)C3=O)cc2)c1. The molecule has 0 spiro atoms. The molecular formula is C29H22N2O5. The Morgan fingerprint density at radius 2 is 1.47 bits per heavy atom. The van der Waals surface area contributed by atoms with Gasteiger partial charge in [0.2, 0.25) is 0 Å². The van der Waals surface area contributed by atoms with E-state index in [-0.39, 0.29) is 5.56 Å². The lowest BCUT2D eigenvalue weighted by Gasteiger charge is -2.27. The maximum Gasteiger partial charge on any atom is 0.338 e. The molecule has 4 aromatic rings. The van der Waals surface area contributed by atoms with Crippen molar-refractivity contribution in [1.82, 2.24) is 0 Å². The van der Waals surface area contributed by atoms with Crippen molar-refractivity contribution in [3.8, 4) is 0 Å². The number of benzene rings is 4. The molecule has 0 aromatic heterocycles. The third-order valence-corrected chi connectivity index (χ3v) is 6.13. The average Bonchev–Trinajstić information content (AvgIpc) is 2.88. The number of ether oxygens (including phenoxy) is 1. The Morgan fingerprint density at radius 1 is 0.833 bits per heavy atom. The molecule has 0 atom stereocenters. The molecule has 1 heterocycles. The van der Waals surface area contributed by atoms with Crippen molar-refractivity contribution in [2.45, 2.75) is 13.8 Å². The van der Waals surface area contributed by atoms with Gasteiger partial charge in [0.15, 0.2) is 6.61 Å². The molecule has 7 heteroatoms. The minimum atomic E-state index is -0.691. The second kappa shape index (κ2) is 9.11. The summed E-state index contributed by atoms with van der Waals surface area (Å²) in [5, 5.41) is 4.21. The molecular weight excluding hydrogens is 456 g/mol. The van der Waals surface area contributed by atoms with E-state index < -0.39 is 30.3 Å². The van der Waals surface area contributed by atoms with Crippen LogP contribution in [0.2, 0.25) is 0 Å². The Bertz CT molecular complexity index is 1510. The second-order valence-electron chi connectivity index (χ2n) is 8.64. The summed E-state index contributed by atoms with van der Waals surface area (Å²) in [5.74, 6) is -2.00. The van der Waals surface area contributed by atoms with Crippen molar-refractivity contribution in [3.63, 3.8) is 0 Å². The molecule has 178 valence electrons. The van der Waals surface area contributed by atoms with Gasteiger partial charge in [-0.1, -0.05) is 36.4 Å². The number of aryl methyl sites for hydroxylation is 2.